The van der Waals surface area contributed by atoms with E-state index in [2.05, 4.69) is 20.5 Å². The van der Waals surface area contributed by atoms with Crippen LogP contribution in [0.5, 0.6) is 11.6 Å². The maximum Gasteiger partial charge on any atom is 0.348 e. The molecule has 0 saturated heterocycles. The fourth-order valence-corrected chi connectivity index (χ4v) is 1.89. The lowest BCUT2D eigenvalue weighted by Crippen LogP contribution is -2.09. The summed E-state index contributed by atoms with van der Waals surface area (Å²) in [5.74, 6) is 1.07. The first-order chi connectivity index (χ1) is 9.76. The molecule has 0 unspecified atom stereocenters. The molecule has 0 aliphatic rings. The van der Waals surface area contributed by atoms with Crippen LogP contribution in [0.1, 0.15) is 5.56 Å². The van der Waals surface area contributed by atoms with Crippen molar-refractivity contribution in [2.24, 2.45) is 0 Å². The van der Waals surface area contributed by atoms with Crippen molar-refractivity contribution in [3.8, 4) is 11.6 Å². The molecule has 0 aliphatic heterocycles. The maximum absolute atomic E-state index is 11.3. The van der Waals surface area contributed by atoms with Gasteiger partial charge in [-0.15, -0.1) is 0 Å². The van der Waals surface area contributed by atoms with Crippen molar-refractivity contribution >= 4 is 5.65 Å². The second kappa shape index (κ2) is 5.14. The smallest absolute Gasteiger partial charge is 0.348 e. The lowest BCUT2D eigenvalue weighted by molar-refractivity contribution is 0.461. The topological polar surface area (TPSA) is 84.3 Å². The fourth-order valence-electron chi connectivity index (χ4n) is 1.89. The van der Waals surface area contributed by atoms with Crippen molar-refractivity contribution in [1.82, 2.24) is 24.9 Å². The van der Waals surface area contributed by atoms with E-state index in [0.29, 0.717) is 17.3 Å². The van der Waals surface area contributed by atoms with Crippen molar-refractivity contribution in [3.63, 3.8) is 0 Å². The van der Waals surface area contributed by atoms with E-state index in [0.717, 1.165) is 12.1 Å². The van der Waals surface area contributed by atoms with Crippen LogP contribution < -0.4 is 15.7 Å². The predicted octanol–water partition coefficient (Wildman–Crippen LogP) is 0.929. The summed E-state index contributed by atoms with van der Waals surface area (Å²) in [5.41, 5.74) is 1.25. The lowest BCUT2D eigenvalue weighted by Gasteiger charge is -2.06. The minimum Gasteiger partial charge on any atom is -0.439 e. The number of fused-ring (bicyclic) bond motifs is 1. The van der Waals surface area contributed by atoms with Crippen molar-refractivity contribution in [2.75, 3.05) is 7.05 Å². The summed E-state index contributed by atoms with van der Waals surface area (Å²) in [6.45, 7) is 0.762. The minimum atomic E-state index is -0.324. The van der Waals surface area contributed by atoms with E-state index in [1.807, 2.05) is 31.3 Å². The average molecular weight is 271 g/mol. The highest BCUT2D eigenvalue weighted by atomic mass is 16.5. The van der Waals surface area contributed by atoms with Crippen LogP contribution in [0.15, 0.2) is 41.5 Å². The Morgan fingerprint density at radius 2 is 2.30 bits per heavy atom. The Labute approximate surface area is 114 Å². The second-order valence-electron chi connectivity index (χ2n) is 4.26. The molecule has 0 spiro atoms. The number of benzene rings is 1. The number of aromatic amines is 1. The Morgan fingerprint density at radius 1 is 1.40 bits per heavy atom. The molecular formula is C13H13N5O2. The van der Waals surface area contributed by atoms with Crippen LogP contribution >= 0.6 is 0 Å². The fraction of sp³-hybridized carbons (Fsp3) is 0.154. The standard InChI is InChI=1S/C13H13N5O2/c1-14-7-9-3-2-4-10(5-9)20-12-6-11-16-17-13(19)18(11)8-15-12/h2-6,8,14H,7H2,1H3,(H,17,19). The van der Waals surface area contributed by atoms with E-state index in [-0.39, 0.29) is 5.69 Å². The number of aromatic nitrogens is 4. The molecule has 0 amide bonds. The summed E-state index contributed by atoms with van der Waals surface area (Å²) in [6.07, 6.45) is 1.38. The lowest BCUT2D eigenvalue weighted by atomic mass is 10.2. The molecule has 0 radical (unpaired) electrons. The van der Waals surface area contributed by atoms with Crippen LogP contribution in [0.4, 0.5) is 0 Å². The second-order valence-corrected chi connectivity index (χ2v) is 4.26. The van der Waals surface area contributed by atoms with Gasteiger partial charge < -0.3 is 10.1 Å². The summed E-state index contributed by atoms with van der Waals surface area (Å²) < 4.78 is 6.98. The van der Waals surface area contributed by atoms with Crippen LogP contribution in [0, 0.1) is 0 Å². The highest BCUT2D eigenvalue weighted by Gasteiger charge is 2.04. The molecule has 102 valence electrons. The van der Waals surface area contributed by atoms with Gasteiger partial charge in [-0.05, 0) is 24.7 Å². The van der Waals surface area contributed by atoms with E-state index in [9.17, 15) is 4.79 Å². The first-order valence-electron chi connectivity index (χ1n) is 6.10. The molecule has 7 nitrogen and oxygen atoms in total. The van der Waals surface area contributed by atoms with Gasteiger partial charge in [0.15, 0.2) is 5.65 Å². The van der Waals surface area contributed by atoms with Crippen LogP contribution in [-0.2, 0) is 6.54 Å². The van der Waals surface area contributed by atoms with Gasteiger partial charge in [-0.1, -0.05) is 12.1 Å². The van der Waals surface area contributed by atoms with E-state index in [1.165, 1.54) is 10.7 Å². The van der Waals surface area contributed by atoms with Gasteiger partial charge in [0, 0.05) is 12.6 Å². The summed E-state index contributed by atoms with van der Waals surface area (Å²) in [6, 6.07) is 9.30. The summed E-state index contributed by atoms with van der Waals surface area (Å²) in [5, 5.41) is 9.29. The van der Waals surface area contributed by atoms with Crippen LogP contribution in [-0.4, -0.2) is 26.6 Å². The normalized spacial score (nSPS) is 10.8. The Hall–Kier alpha value is -2.67. The van der Waals surface area contributed by atoms with Gasteiger partial charge in [-0.25, -0.2) is 19.3 Å². The van der Waals surface area contributed by atoms with Crippen LogP contribution in [0.25, 0.3) is 5.65 Å². The maximum atomic E-state index is 11.3. The average Bonchev–Trinajstić information content (AvgIpc) is 2.81. The zero-order valence-electron chi connectivity index (χ0n) is 10.8. The van der Waals surface area contributed by atoms with Crippen molar-refractivity contribution in [1.29, 1.82) is 0 Å². The van der Waals surface area contributed by atoms with E-state index in [1.54, 1.807) is 6.07 Å². The molecule has 0 saturated carbocycles. The molecule has 0 fully saturated rings. The van der Waals surface area contributed by atoms with Gasteiger partial charge in [0.2, 0.25) is 5.88 Å². The molecule has 3 rings (SSSR count). The number of hydrogen-bond acceptors (Lipinski definition) is 5. The SMILES string of the molecule is CNCc1cccc(Oc2cc3n[nH]c(=O)n3cn2)c1. The molecule has 2 aromatic heterocycles. The quantitative estimate of drug-likeness (QED) is 0.737. The number of hydrogen-bond donors (Lipinski definition) is 2. The van der Waals surface area contributed by atoms with Crippen molar-refractivity contribution in [2.45, 2.75) is 6.54 Å². The molecule has 7 heteroatoms. The van der Waals surface area contributed by atoms with Gasteiger partial charge in [-0.2, -0.15) is 5.10 Å². The zero-order chi connectivity index (χ0) is 13.9. The van der Waals surface area contributed by atoms with Crippen molar-refractivity contribution in [3.05, 3.63) is 52.7 Å². The highest BCUT2D eigenvalue weighted by molar-refractivity contribution is 5.41. The van der Waals surface area contributed by atoms with E-state index in [4.69, 9.17) is 4.74 Å². The number of ether oxygens (including phenoxy) is 1. The van der Waals surface area contributed by atoms with Gasteiger partial charge in [0.1, 0.15) is 12.1 Å². The molecule has 20 heavy (non-hydrogen) atoms. The monoisotopic (exact) mass is 271 g/mol. The van der Waals surface area contributed by atoms with Crippen LogP contribution in [0.3, 0.4) is 0 Å². The van der Waals surface area contributed by atoms with Gasteiger partial charge >= 0.3 is 5.69 Å². The van der Waals surface area contributed by atoms with E-state index < -0.39 is 0 Å². The first kappa shape index (κ1) is 12.4. The predicted molar refractivity (Wildman–Crippen MR) is 72.9 cm³/mol. The Kier molecular flexibility index (Phi) is 3.18. The molecule has 1 aromatic carbocycles. The first-order valence-corrected chi connectivity index (χ1v) is 6.10. The third-order valence-corrected chi connectivity index (χ3v) is 2.79. The summed E-state index contributed by atoms with van der Waals surface area (Å²) in [7, 11) is 1.89. The van der Waals surface area contributed by atoms with Gasteiger partial charge in [0.25, 0.3) is 0 Å². The van der Waals surface area contributed by atoms with Crippen molar-refractivity contribution < 1.29 is 4.74 Å². The third-order valence-electron chi connectivity index (χ3n) is 2.79. The zero-order valence-corrected chi connectivity index (χ0v) is 10.8. The molecule has 0 bridgehead atoms. The summed E-state index contributed by atoms with van der Waals surface area (Å²) >= 11 is 0. The molecule has 0 aliphatic carbocycles. The largest absolute Gasteiger partial charge is 0.439 e. The summed E-state index contributed by atoms with van der Waals surface area (Å²) in [4.78, 5) is 15.4. The number of nitrogens with zero attached hydrogens (tertiary/aromatic N) is 3. The third kappa shape index (κ3) is 2.39. The highest BCUT2D eigenvalue weighted by Crippen LogP contribution is 2.20. The number of rotatable bonds is 4. The van der Waals surface area contributed by atoms with Crippen LogP contribution in [0.2, 0.25) is 0 Å². The molecular weight excluding hydrogens is 258 g/mol. The van der Waals surface area contributed by atoms with Gasteiger partial charge in [0.05, 0.1) is 0 Å². The Bertz CT molecular complexity index is 793. The molecule has 0 atom stereocenters. The number of nitrogens with one attached hydrogen (secondary N) is 2. The Morgan fingerprint density at radius 3 is 3.15 bits per heavy atom. The van der Waals surface area contributed by atoms with E-state index >= 15 is 0 Å². The van der Waals surface area contributed by atoms with Gasteiger partial charge in [-0.3, -0.25) is 0 Å². The molecule has 3 aromatic rings. The minimum absolute atomic E-state index is 0.324. The molecule has 2 N–H and O–H groups in total. The Balaban J connectivity index is 1.88. The molecule has 2 heterocycles. The number of H-pyrrole nitrogens is 1.